The number of nitrogens with zero attached hydrogens (tertiary/aromatic N) is 3. The van der Waals surface area contributed by atoms with Gasteiger partial charge in [-0.25, -0.2) is 0 Å². The van der Waals surface area contributed by atoms with Crippen LogP contribution in [0.25, 0.3) is 5.69 Å². The third-order valence-corrected chi connectivity index (χ3v) is 8.06. The van der Waals surface area contributed by atoms with E-state index in [1.54, 1.807) is 0 Å². The van der Waals surface area contributed by atoms with E-state index < -0.39 is 0 Å². The number of thiocarbonyl (C=S) groups is 1. The summed E-state index contributed by atoms with van der Waals surface area (Å²) in [6, 6.07) is 24.4. The van der Waals surface area contributed by atoms with Gasteiger partial charge in [0.15, 0.2) is 5.11 Å². The van der Waals surface area contributed by atoms with Crippen molar-refractivity contribution >= 4 is 34.6 Å². The topological polar surface area (TPSA) is 42.3 Å². The number of nitrogens with one attached hydrogen (secondary N) is 1. The molecule has 3 heterocycles. The number of ether oxygens (including phenoxy) is 1. The summed E-state index contributed by atoms with van der Waals surface area (Å²) in [6.45, 7) is 2.03. The van der Waals surface area contributed by atoms with Gasteiger partial charge in [0.2, 0.25) is 0 Å². The van der Waals surface area contributed by atoms with Crippen molar-refractivity contribution in [1.29, 1.82) is 0 Å². The van der Waals surface area contributed by atoms with E-state index in [1.807, 2.05) is 31.3 Å². The maximum atomic E-state index is 6.34. The molecule has 188 valence electrons. The highest BCUT2D eigenvalue weighted by Gasteiger charge is 2.42. The summed E-state index contributed by atoms with van der Waals surface area (Å²) in [4.78, 5) is 6.88. The van der Waals surface area contributed by atoms with E-state index >= 15 is 0 Å². The molecule has 0 radical (unpaired) electrons. The average Bonchev–Trinajstić information content (AvgIpc) is 3.67. The maximum absolute atomic E-state index is 6.34. The molecule has 1 N–H and O–H groups in total. The van der Waals surface area contributed by atoms with Crippen molar-refractivity contribution in [3.05, 3.63) is 107 Å². The lowest BCUT2D eigenvalue weighted by molar-refractivity contribution is 0.210. The minimum absolute atomic E-state index is 0.116. The number of benzene rings is 2. The largest absolute Gasteiger partial charge is 0.490 e. The Labute approximate surface area is 228 Å². The molecule has 2 aliphatic rings. The lowest BCUT2D eigenvalue weighted by Gasteiger charge is -2.29. The number of aryl methyl sites for hydroxylation is 1. The summed E-state index contributed by atoms with van der Waals surface area (Å²) < 4.78 is 8.43. The average molecular weight is 529 g/mol. The summed E-state index contributed by atoms with van der Waals surface area (Å²) >= 11 is 12.3. The predicted octanol–water partition coefficient (Wildman–Crippen LogP) is 7.33. The summed E-state index contributed by atoms with van der Waals surface area (Å²) in [7, 11) is 0. The highest BCUT2D eigenvalue weighted by molar-refractivity contribution is 7.80. The van der Waals surface area contributed by atoms with Crippen LogP contribution in [0.15, 0.2) is 85.2 Å². The summed E-state index contributed by atoms with van der Waals surface area (Å²) in [6.07, 6.45) is 9.02. The van der Waals surface area contributed by atoms with Crippen molar-refractivity contribution in [1.82, 2.24) is 14.9 Å². The monoisotopic (exact) mass is 528 g/mol. The maximum Gasteiger partial charge on any atom is 0.174 e. The normalized spacial score (nSPS) is 19.8. The van der Waals surface area contributed by atoms with Crippen LogP contribution in [0.2, 0.25) is 5.02 Å². The molecule has 6 rings (SSSR count). The molecule has 2 unspecified atom stereocenters. The van der Waals surface area contributed by atoms with Gasteiger partial charge in [0.05, 0.1) is 17.8 Å². The second kappa shape index (κ2) is 10.2. The van der Waals surface area contributed by atoms with Gasteiger partial charge in [0.25, 0.3) is 0 Å². The molecule has 0 amide bonds. The van der Waals surface area contributed by atoms with Gasteiger partial charge in [-0.15, -0.1) is 0 Å². The van der Waals surface area contributed by atoms with Crippen LogP contribution >= 0.6 is 23.8 Å². The van der Waals surface area contributed by atoms with Gasteiger partial charge in [-0.1, -0.05) is 17.7 Å². The Hall–Kier alpha value is -3.35. The van der Waals surface area contributed by atoms with Crippen LogP contribution < -0.4 is 15.0 Å². The van der Waals surface area contributed by atoms with Crippen molar-refractivity contribution in [2.75, 3.05) is 4.90 Å². The molecule has 1 aliphatic carbocycles. The van der Waals surface area contributed by atoms with Crippen molar-refractivity contribution in [3.8, 4) is 11.4 Å². The van der Waals surface area contributed by atoms with Crippen LogP contribution in [0.1, 0.15) is 54.7 Å². The zero-order valence-electron chi connectivity index (χ0n) is 20.7. The Morgan fingerprint density at radius 3 is 2.49 bits per heavy atom. The van der Waals surface area contributed by atoms with Crippen LogP contribution in [0.5, 0.6) is 5.75 Å². The first kappa shape index (κ1) is 24.0. The van der Waals surface area contributed by atoms with Gasteiger partial charge in [-0.05, 0) is 117 Å². The molecule has 7 heteroatoms. The van der Waals surface area contributed by atoms with E-state index in [-0.39, 0.29) is 12.1 Å². The van der Waals surface area contributed by atoms with E-state index in [0.29, 0.717) is 11.2 Å². The standard InChI is InChI=1S/C30H29ClN4OS/c1-20-19-22(13-16-25(20)31)34-18-6-10-27(34)29-28(26-9-4-5-17-32-26)33-30(37)35(29)21-11-14-24(15-12-21)36-23-7-2-3-8-23/h4-6,9-19,23,28-29H,2-3,7-8H2,1H3,(H,33,37). The van der Waals surface area contributed by atoms with Crippen LogP contribution in [-0.4, -0.2) is 20.8 Å². The molecule has 1 saturated carbocycles. The quantitative estimate of drug-likeness (QED) is 0.265. The minimum atomic E-state index is -0.120. The molecule has 1 aliphatic heterocycles. The zero-order chi connectivity index (χ0) is 25.4. The Morgan fingerprint density at radius 2 is 1.76 bits per heavy atom. The molecule has 2 fully saturated rings. The SMILES string of the molecule is Cc1cc(-n2cccc2C2C(c3ccccn3)NC(=S)N2c2ccc(OC3CCCC3)cc2)ccc1Cl. The number of halogens is 1. The van der Waals surface area contributed by atoms with Crippen molar-refractivity contribution in [2.24, 2.45) is 0 Å². The Kier molecular flexibility index (Phi) is 6.61. The van der Waals surface area contributed by atoms with Gasteiger partial charge < -0.3 is 19.5 Å². The van der Waals surface area contributed by atoms with Crippen molar-refractivity contribution < 1.29 is 4.74 Å². The second-order valence-electron chi connectivity index (χ2n) is 9.75. The van der Waals surface area contributed by atoms with Gasteiger partial charge >= 0.3 is 0 Å². The van der Waals surface area contributed by atoms with Gasteiger partial charge in [-0.2, -0.15) is 0 Å². The van der Waals surface area contributed by atoms with Gasteiger partial charge in [-0.3, -0.25) is 4.98 Å². The summed E-state index contributed by atoms with van der Waals surface area (Å²) in [5.41, 5.74) is 5.16. The molecular weight excluding hydrogens is 500 g/mol. The number of hydrogen-bond donors (Lipinski definition) is 1. The fourth-order valence-corrected chi connectivity index (χ4v) is 5.93. The van der Waals surface area contributed by atoms with E-state index in [0.717, 1.165) is 51.9 Å². The fourth-order valence-electron chi connectivity index (χ4n) is 5.47. The first-order valence-corrected chi connectivity index (χ1v) is 13.6. The highest BCUT2D eigenvalue weighted by atomic mass is 35.5. The molecule has 2 aromatic carbocycles. The first-order chi connectivity index (χ1) is 18.1. The first-order valence-electron chi connectivity index (χ1n) is 12.8. The molecule has 5 nitrogen and oxygen atoms in total. The number of rotatable bonds is 6. The molecule has 0 bridgehead atoms. The molecular formula is C30H29ClN4OS. The predicted molar refractivity (Wildman–Crippen MR) is 153 cm³/mol. The fraction of sp³-hybridized carbons (Fsp3) is 0.267. The van der Waals surface area contributed by atoms with Crippen LogP contribution in [0, 0.1) is 6.92 Å². The molecule has 1 saturated heterocycles. The van der Waals surface area contributed by atoms with Gasteiger partial charge in [0, 0.05) is 34.5 Å². The van der Waals surface area contributed by atoms with E-state index in [9.17, 15) is 0 Å². The Balaban J connectivity index is 1.40. The third-order valence-electron chi connectivity index (χ3n) is 7.32. The molecule has 2 atom stereocenters. The number of pyridine rings is 1. The zero-order valence-corrected chi connectivity index (χ0v) is 22.3. The molecule has 4 aromatic rings. The molecule has 0 spiro atoms. The number of aromatic nitrogens is 2. The Morgan fingerprint density at radius 1 is 0.973 bits per heavy atom. The van der Waals surface area contributed by atoms with Crippen LogP contribution in [-0.2, 0) is 0 Å². The summed E-state index contributed by atoms with van der Waals surface area (Å²) in [5.74, 6) is 0.909. The molecule has 37 heavy (non-hydrogen) atoms. The Bertz CT molecular complexity index is 1400. The van der Waals surface area contributed by atoms with Crippen molar-refractivity contribution in [2.45, 2.75) is 50.8 Å². The van der Waals surface area contributed by atoms with Gasteiger partial charge in [0.1, 0.15) is 11.8 Å². The highest BCUT2D eigenvalue weighted by Crippen LogP contribution is 2.42. The number of anilines is 1. The number of hydrogen-bond acceptors (Lipinski definition) is 3. The van der Waals surface area contributed by atoms with E-state index in [2.05, 4.69) is 80.6 Å². The third kappa shape index (κ3) is 4.72. The van der Waals surface area contributed by atoms with Crippen LogP contribution in [0.4, 0.5) is 5.69 Å². The van der Waals surface area contributed by atoms with Crippen molar-refractivity contribution in [3.63, 3.8) is 0 Å². The minimum Gasteiger partial charge on any atom is -0.490 e. The van der Waals surface area contributed by atoms with Crippen LogP contribution in [0.3, 0.4) is 0 Å². The second-order valence-corrected chi connectivity index (χ2v) is 10.5. The summed E-state index contributed by atoms with van der Waals surface area (Å²) in [5, 5.41) is 4.99. The lowest BCUT2D eigenvalue weighted by Crippen LogP contribution is -2.30. The molecule has 2 aromatic heterocycles. The van der Waals surface area contributed by atoms with E-state index in [1.165, 1.54) is 12.8 Å². The smallest absolute Gasteiger partial charge is 0.174 e. The lowest BCUT2D eigenvalue weighted by atomic mass is 10.0. The van der Waals surface area contributed by atoms with E-state index in [4.69, 9.17) is 28.6 Å².